The van der Waals surface area contributed by atoms with E-state index in [0.717, 1.165) is 12.8 Å². The molecule has 0 bridgehead atoms. The number of allylic oxidation sites excluding steroid dienone is 1. The number of rotatable bonds is 7. The molecule has 1 unspecified atom stereocenters. The van der Waals surface area contributed by atoms with Crippen molar-refractivity contribution in [1.82, 2.24) is 5.32 Å². The van der Waals surface area contributed by atoms with Crippen molar-refractivity contribution in [3.05, 3.63) is 40.1 Å². The van der Waals surface area contributed by atoms with Gasteiger partial charge in [-0.15, -0.1) is 0 Å². The van der Waals surface area contributed by atoms with Crippen LogP contribution in [0, 0.1) is 5.92 Å². The van der Waals surface area contributed by atoms with Crippen molar-refractivity contribution in [2.45, 2.75) is 39.5 Å². The van der Waals surface area contributed by atoms with Crippen LogP contribution >= 0.6 is 0 Å². The zero-order valence-electron chi connectivity index (χ0n) is 13.0. The Morgan fingerprint density at radius 3 is 2.62 bits per heavy atom. The number of carbonyl (C=O) groups excluding carboxylic acids is 1. The third-order valence-electron chi connectivity index (χ3n) is 3.26. The summed E-state index contributed by atoms with van der Waals surface area (Å²) in [7, 11) is 1.82. The van der Waals surface area contributed by atoms with Gasteiger partial charge in [0, 0.05) is 24.9 Å². The Hall–Kier alpha value is -2.04. The lowest BCUT2D eigenvalue weighted by Gasteiger charge is -2.11. The van der Waals surface area contributed by atoms with E-state index in [4.69, 9.17) is 4.42 Å². The molecule has 21 heavy (non-hydrogen) atoms. The highest BCUT2D eigenvalue weighted by atomic mass is 16.4. The molecular weight excluding hydrogens is 270 g/mol. The fraction of sp³-hybridized carbons (Fsp3) is 0.500. The normalized spacial score (nSPS) is 12.8. The second kappa shape index (κ2) is 7.67. The van der Waals surface area contributed by atoms with Gasteiger partial charge >= 0.3 is 5.63 Å². The van der Waals surface area contributed by atoms with Gasteiger partial charge in [0.25, 0.3) is 0 Å². The molecule has 1 aromatic rings. The van der Waals surface area contributed by atoms with E-state index in [1.807, 2.05) is 26.2 Å². The summed E-state index contributed by atoms with van der Waals surface area (Å²) in [5.41, 5.74) is -1.02. The molecule has 0 aromatic carbocycles. The van der Waals surface area contributed by atoms with E-state index < -0.39 is 11.4 Å². The standard InChI is InChI=1S/C16H23NO4/c1-10(2)15(19)14-12(18)9-13(21-16(14)20)11(3)7-5-6-8-17-4/h6,8-11,17-18H,5,7H2,1-4H3/b8-6+. The predicted octanol–water partition coefficient (Wildman–Crippen LogP) is 2.80. The van der Waals surface area contributed by atoms with Crippen LogP contribution in [0.15, 0.2) is 27.6 Å². The van der Waals surface area contributed by atoms with Crippen LogP contribution < -0.4 is 10.9 Å². The highest BCUT2D eigenvalue weighted by Gasteiger charge is 2.22. The SMILES string of the molecule is CN/C=C/CCC(C)c1cc(O)c(C(=O)C(C)C)c(=O)o1. The molecule has 116 valence electrons. The number of aromatic hydroxyl groups is 1. The molecular formula is C16H23NO4. The molecule has 0 radical (unpaired) electrons. The Kier molecular flexibility index (Phi) is 6.21. The van der Waals surface area contributed by atoms with Crippen LogP contribution in [0.25, 0.3) is 0 Å². The molecule has 0 aliphatic rings. The van der Waals surface area contributed by atoms with Crippen LogP contribution in [0.5, 0.6) is 5.75 Å². The second-order valence-electron chi connectivity index (χ2n) is 5.38. The van der Waals surface area contributed by atoms with Crippen LogP contribution in [-0.4, -0.2) is 17.9 Å². The van der Waals surface area contributed by atoms with E-state index in [2.05, 4.69) is 5.32 Å². The molecule has 0 saturated heterocycles. The van der Waals surface area contributed by atoms with Crippen LogP contribution in [0.3, 0.4) is 0 Å². The number of ketones is 1. The summed E-state index contributed by atoms with van der Waals surface area (Å²) in [6, 6.07) is 1.38. The Morgan fingerprint density at radius 2 is 2.10 bits per heavy atom. The molecule has 1 aromatic heterocycles. The average molecular weight is 293 g/mol. The summed E-state index contributed by atoms with van der Waals surface area (Å²) in [5.74, 6) is -0.687. The van der Waals surface area contributed by atoms with Gasteiger partial charge in [0.05, 0.1) is 0 Å². The van der Waals surface area contributed by atoms with E-state index in [0.29, 0.717) is 5.76 Å². The number of Topliss-reactive ketones (excluding diaryl/α,β-unsaturated/α-hetero) is 1. The third kappa shape index (κ3) is 4.48. The van der Waals surface area contributed by atoms with Crippen molar-refractivity contribution in [1.29, 1.82) is 0 Å². The van der Waals surface area contributed by atoms with Crippen molar-refractivity contribution >= 4 is 5.78 Å². The quantitative estimate of drug-likeness (QED) is 0.756. The molecule has 1 heterocycles. The Labute approximate surface area is 124 Å². The fourth-order valence-corrected chi connectivity index (χ4v) is 1.95. The number of hydrogen-bond acceptors (Lipinski definition) is 5. The summed E-state index contributed by atoms with van der Waals surface area (Å²) in [5, 5.41) is 12.8. The molecule has 0 aliphatic heterocycles. The summed E-state index contributed by atoms with van der Waals surface area (Å²) in [6.07, 6.45) is 5.41. The van der Waals surface area contributed by atoms with Gasteiger partial charge in [-0.3, -0.25) is 4.79 Å². The molecule has 0 fully saturated rings. The number of hydrogen-bond donors (Lipinski definition) is 2. The lowest BCUT2D eigenvalue weighted by atomic mass is 9.99. The molecule has 5 heteroatoms. The fourth-order valence-electron chi connectivity index (χ4n) is 1.95. The first-order valence-corrected chi connectivity index (χ1v) is 7.12. The molecule has 0 amide bonds. The number of carbonyl (C=O) groups is 1. The summed E-state index contributed by atoms with van der Waals surface area (Å²) >= 11 is 0. The van der Waals surface area contributed by atoms with E-state index in [-0.39, 0.29) is 23.1 Å². The van der Waals surface area contributed by atoms with Gasteiger partial charge in [0.2, 0.25) is 0 Å². The van der Waals surface area contributed by atoms with Crippen molar-refractivity contribution in [2.75, 3.05) is 7.05 Å². The van der Waals surface area contributed by atoms with Crippen molar-refractivity contribution in [3.8, 4) is 5.75 Å². The van der Waals surface area contributed by atoms with Gasteiger partial charge in [0.1, 0.15) is 17.1 Å². The average Bonchev–Trinajstić information content (AvgIpc) is 2.42. The lowest BCUT2D eigenvalue weighted by molar-refractivity contribution is 0.0931. The zero-order valence-corrected chi connectivity index (χ0v) is 13.0. The topological polar surface area (TPSA) is 79.5 Å². The first-order chi connectivity index (χ1) is 9.88. The van der Waals surface area contributed by atoms with Crippen LogP contribution in [-0.2, 0) is 0 Å². The minimum absolute atomic E-state index is 0.0201. The van der Waals surface area contributed by atoms with Crippen molar-refractivity contribution in [3.63, 3.8) is 0 Å². The van der Waals surface area contributed by atoms with Gasteiger partial charge < -0.3 is 14.8 Å². The summed E-state index contributed by atoms with van der Waals surface area (Å²) in [6.45, 7) is 5.26. The first kappa shape index (κ1) is 17.0. The monoisotopic (exact) mass is 293 g/mol. The van der Waals surface area contributed by atoms with E-state index >= 15 is 0 Å². The Morgan fingerprint density at radius 1 is 1.43 bits per heavy atom. The molecule has 1 rings (SSSR count). The zero-order chi connectivity index (χ0) is 16.0. The predicted molar refractivity (Wildman–Crippen MR) is 81.7 cm³/mol. The highest BCUT2D eigenvalue weighted by molar-refractivity contribution is 5.99. The van der Waals surface area contributed by atoms with Crippen LogP contribution in [0.4, 0.5) is 0 Å². The second-order valence-corrected chi connectivity index (χ2v) is 5.38. The van der Waals surface area contributed by atoms with Gasteiger partial charge in [0.15, 0.2) is 5.78 Å². The van der Waals surface area contributed by atoms with Gasteiger partial charge in [-0.05, 0) is 19.0 Å². The Bertz CT molecular complexity index is 572. The first-order valence-electron chi connectivity index (χ1n) is 7.12. The molecule has 5 nitrogen and oxygen atoms in total. The molecule has 0 saturated carbocycles. The highest BCUT2D eigenvalue weighted by Crippen LogP contribution is 2.25. The van der Waals surface area contributed by atoms with Gasteiger partial charge in [-0.2, -0.15) is 0 Å². The molecule has 0 spiro atoms. The minimum atomic E-state index is -0.763. The Balaban J connectivity index is 2.95. The molecule has 0 aliphatic carbocycles. The summed E-state index contributed by atoms with van der Waals surface area (Å²) in [4.78, 5) is 23.8. The van der Waals surface area contributed by atoms with Gasteiger partial charge in [-0.1, -0.05) is 26.8 Å². The van der Waals surface area contributed by atoms with Crippen molar-refractivity contribution < 1.29 is 14.3 Å². The number of nitrogens with one attached hydrogen (secondary N) is 1. The third-order valence-corrected chi connectivity index (χ3v) is 3.26. The maximum Gasteiger partial charge on any atom is 0.350 e. The van der Waals surface area contributed by atoms with Crippen LogP contribution in [0.2, 0.25) is 0 Å². The largest absolute Gasteiger partial charge is 0.507 e. The van der Waals surface area contributed by atoms with Crippen LogP contribution in [0.1, 0.15) is 55.6 Å². The minimum Gasteiger partial charge on any atom is -0.507 e. The van der Waals surface area contributed by atoms with Gasteiger partial charge in [-0.25, -0.2) is 4.79 Å². The molecule has 2 N–H and O–H groups in total. The smallest absolute Gasteiger partial charge is 0.350 e. The molecule has 1 atom stereocenters. The van der Waals surface area contributed by atoms with E-state index in [9.17, 15) is 14.7 Å². The van der Waals surface area contributed by atoms with E-state index in [1.54, 1.807) is 13.8 Å². The summed E-state index contributed by atoms with van der Waals surface area (Å²) < 4.78 is 5.20. The maximum atomic E-state index is 11.9. The lowest BCUT2D eigenvalue weighted by Crippen LogP contribution is -2.19. The maximum absolute atomic E-state index is 11.9. The van der Waals surface area contributed by atoms with E-state index in [1.165, 1.54) is 6.07 Å². The van der Waals surface area contributed by atoms with Crippen molar-refractivity contribution in [2.24, 2.45) is 5.92 Å².